The fourth-order valence-electron chi connectivity index (χ4n) is 3.20. The second-order valence-corrected chi connectivity index (χ2v) is 7.18. The highest BCUT2D eigenvalue weighted by Gasteiger charge is 2.21. The molecule has 0 aliphatic heterocycles. The van der Waals surface area contributed by atoms with E-state index in [1.807, 2.05) is 0 Å². The van der Waals surface area contributed by atoms with Crippen LogP contribution in [0.4, 0.5) is 0 Å². The highest BCUT2D eigenvalue weighted by atomic mass is 32.2. The molecular formula is C20H23NOS. The predicted octanol–water partition coefficient (Wildman–Crippen LogP) is 4.42. The molecule has 0 fully saturated rings. The van der Waals surface area contributed by atoms with E-state index in [2.05, 4.69) is 60.8 Å². The Morgan fingerprint density at radius 3 is 2.96 bits per heavy atom. The minimum absolute atomic E-state index is 0.143. The zero-order valence-electron chi connectivity index (χ0n) is 13.5. The zero-order chi connectivity index (χ0) is 16.1. The van der Waals surface area contributed by atoms with Gasteiger partial charge in [-0.2, -0.15) is 0 Å². The Morgan fingerprint density at radius 1 is 1.22 bits per heavy atom. The van der Waals surface area contributed by atoms with E-state index in [-0.39, 0.29) is 11.9 Å². The number of thioether (sulfide) groups is 1. The number of carbonyl (C=O) groups is 1. The van der Waals surface area contributed by atoms with Crippen molar-refractivity contribution >= 4 is 17.7 Å². The molecule has 0 saturated heterocycles. The van der Waals surface area contributed by atoms with Gasteiger partial charge in [-0.05, 0) is 42.9 Å². The van der Waals surface area contributed by atoms with Crippen molar-refractivity contribution < 1.29 is 4.79 Å². The number of carbonyl (C=O) groups excluding carboxylic acids is 1. The van der Waals surface area contributed by atoms with Crippen molar-refractivity contribution in [2.24, 2.45) is 0 Å². The average molecular weight is 325 g/mol. The maximum absolute atomic E-state index is 12.2. The van der Waals surface area contributed by atoms with Crippen LogP contribution < -0.4 is 5.32 Å². The quantitative estimate of drug-likeness (QED) is 0.881. The van der Waals surface area contributed by atoms with Crippen molar-refractivity contribution in [3.05, 3.63) is 70.8 Å². The van der Waals surface area contributed by atoms with Crippen LogP contribution in [0.2, 0.25) is 0 Å². The topological polar surface area (TPSA) is 29.1 Å². The van der Waals surface area contributed by atoms with E-state index in [1.54, 1.807) is 11.8 Å². The van der Waals surface area contributed by atoms with Gasteiger partial charge in [0.1, 0.15) is 0 Å². The van der Waals surface area contributed by atoms with Gasteiger partial charge in [-0.25, -0.2) is 0 Å². The van der Waals surface area contributed by atoms with Gasteiger partial charge in [0.2, 0.25) is 5.91 Å². The van der Waals surface area contributed by atoms with Crippen LogP contribution in [0.3, 0.4) is 0 Å². The molecule has 3 heteroatoms. The summed E-state index contributed by atoms with van der Waals surface area (Å²) in [5, 5.41) is 3.21. The van der Waals surface area contributed by atoms with Crippen molar-refractivity contribution in [2.45, 2.75) is 38.0 Å². The van der Waals surface area contributed by atoms with Crippen molar-refractivity contribution in [3.63, 3.8) is 0 Å². The molecule has 0 bridgehead atoms. The fraction of sp³-hybridized carbons (Fsp3) is 0.350. The molecule has 2 aromatic carbocycles. The molecule has 0 aromatic heterocycles. The van der Waals surface area contributed by atoms with Gasteiger partial charge in [0.05, 0.1) is 11.8 Å². The van der Waals surface area contributed by atoms with Crippen molar-refractivity contribution in [2.75, 3.05) is 5.75 Å². The molecule has 1 aliphatic rings. The molecule has 3 rings (SSSR count). The number of aryl methyl sites for hydroxylation is 2. The SMILES string of the molecule is Cc1cccc(CSCC(=O)N[C@H]2CCCc3ccccc32)c1. The molecule has 1 aliphatic carbocycles. The van der Waals surface area contributed by atoms with Crippen LogP contribution in [0.25, 0.3) is 0 Å². The standard InChI is InChI=1S/C20H23NOS/c1-15-6-4-7-16(12-15)13-23-14-20(22)21-19-11-5-9-17-8-2-3-10-18(17)19/h2-4,6-8,10,12,19H,5,9,11,13-14H2,1H3,(H,21,22)/t19-/m0/s1. The first-order valence-electron chi connectivity index (χ1n) is 8.23. The summed E-state index contributed by atoms with van der Waals surface area (Å²) < 4.78 is 0. The maximum Gasteiger partial charge on any atom is 0.230 e. The Bertz CT molecular complexity index is 683. The molecule has 0 heterocycles. The van der Waals surface area contributed by atoms with Crippen molar-refractivity contribution in [3.8, 4) is 0 Å². The Kier molecular flexibility index (Phi) is 5.39. The van der Waals surface area contributed by atoms with E-state index in [4.69, 9.17) is 0 Å². The number of benzene rings is 2. The molecule has 0 spiro atoms. The lowest BCUT2D eigenvalue weighted by Crippen LogP contribution is -2.32. The Morgan fingerprint density at radius 2 is 2.09 bits per heavy atom. The lowest BCUT2D eigenvalue weighted by molar-refractivity contribution is -0.119. The van der Waals surface area contributed by atoms with Crippen molar-refractivity contribution in [1.29, 1.82) is 0 Å². The second kappa shape index (κ2) is 7.69. The van der Waals surface area contributed by atoms with Gasteiger partial charge in [0, 0.05) is 5.75 Å². The number of nitrogens with one attached hydrogen (secondary N) is 1. The monoisotopic (exact) mass is 325 g/mol. The van der Waals surface area contributed by atoms with Gasteiger partial charge < -0.3 is 5.32 Å². The predicted molar refractivity (Wildman–Crippen MR) is 97.6 cm³/mol. The van der Waals surface area contributed by atoms with Crippen LogP contribution in [-0.2, 0) is 17.0 Å². The number of amides is 1. The summed E-state index contributed by atoms with van der Waals surface area (Å²) in [6, 6.07) is 17.1. The molecule has 2 aromatic rings. The molecule has 0 radical (unpaired) electrons. The van der Waals surface area contributed by atoms with Gasteiger partial charge >= 0.3 is 0 Å². The highest BCUT2D eigenvalue weighted by molar-refractivity contribution is 7.99. The molecule has 2 nitrogen and oxygen atoms in total. The Balaban J connectivity index is 1.50. The zero-order valence-corrected chi connectivity index (χ0v) is 14.4. The van der Waals surface area contributed by atoms with Crippen LogP contribution in [0, 0.1) is 6.92 Å². The largest absolute Gasteiger partial charge is 0.349 e. The summed E-state index contributed by atoms with van der Waals surface area (Å²) >= 11 is 1.68. The lowest BCUT2D eigenvalue weighted by atomic mass is 9.88. The Hall–Kier alpha value is -1.74. The third kappa shape index (κ3) is 4.38. The molecule has 0 saturated carbocycles. The number of fused-ring (bicyclic) bond motifs is 1. The molecule has 1 N–H and O–H groups in total. The van der Waals surface area contributed by atoms with Gasteiger partial charge in [0.15, 0.2) is 0 Å². The highest BCUT2D eigenvalue weighted by Crippen LogP contribution is 2.29. The second-order valence-electron chi connectivity index (χ2n) is 6.19. The smallest absolute Gasteiger partial charge is 0.230 e. The van der Waals surface area contributed by atoms with Gasteiger partial charge in [-0.15, -0.1) is 11.8 Å². The molecular weight excluding hydrogens is 302 g/mol. The maximum atomic E-state index is 12.2. The Labute approximate surface area is 142 Å². The third-order valence-electron chi connectivity index (χ3n) is 4.29. The first-order chi connectivity index (χ1) is 11.2. The van der Waals surface area contributed by atoms with E-state index in [1.165, 1.54) is 22.3 Å². The lowest BCUT2D eigenvalue weighted by Gasteiger charge is -2.26. The fourth-order valence-corrected chi connectivity index (χ4v) is 3.99. The summed E-state index contributed by atoms with van der Waals surface area (Å²) in [6.07, 6.45) is 3.33. The number of hydrogen-bond donors (Lipinski definition) is 1. The summed E-state index contributed by atoms with van der Waals surface area (Å²) in [5.41, 5.74) is 5.24. The average Bonchev–Trinajstić information content (AvgIpc) is 2.55. The molecule has 0 unspecified atom stereocenters. The molecule has 120 valence electrons. The van der Waals surface area contributed by atoms with E-state index in [9.17, 15) is 4.79 Å². The first-order valence-corrected chi connectivity index (χ1v) is 9.38. The van der Waals surface area contributed by atoms with Crippen LogP contribution in [0.1, 0.15) is 41.1 Å². The van der Waals surface area contributed by atoms with E-state index in [0.29, 0.717) is 5.75 Å². The van der Waals surface area contributed by atoms with E-state index >= 15 is 0 Å². The summed E-state index contributed by atoms with van der Waals surface area (Å²) in [4.78, 5) is 12.2. The summed E-state index contributed by atoms with van der Waals surface area (Å²) in [5.74, 6) is 1.55. The number of rotatable bonds is 5. The summed E-state index contributed by atoms with van der Waals surface area (Å²) in [6.45, 7) is 2.10. The number of hydrogen-bond acceptors (Lipinski definition) is 2. The van der Waals surface area contributed by atoms with Crippen LogP contribution >= 0.6 is 11.8 Å². The third-order valence-corrected chi connectivity index (χ3v) is 5.29. The molecule has 23 heavy (non-hydrogen) atoms. The van der Waals surface area contributed by atoms with Crippen molar-refractivity contribution in [1.82, 2.24) is 5.32 Å². The van der Waals surface area contributed by atoms with Gasteiger partial charge in [-0.3, -0.25) is 4.79 Å². The van der Waals surface area contributed by atoms with E-state index < -0.39 is 0 Å². The van der Waals surface area contributed by atoms with E-state index in [0.717, 1.165) is 25.0 Å². The molecule has 1 atom stereocenters. The molecule has 1 amide bonds. The van der Waals surface area contributed by atoms with Crippen LogP contribution in [-0.4, -0.2) is 11.7 Å². The minimum Gasteiger partial charge on any atom is -0.349 e. The normalized spacial score (nSPS) is 16.7. The van der Waals surface area contributed by atoms with Crippen LogP contribution in [0.15, 0.2) is 48.5 Å². The van der Waals surface area contributed by atoms with Gasteiger partial charge in [0.25, 0.3) is 0 Å². The van der Waals surface area contributed by atoms with Gasteiger partial charge in [-0.1, -0.05) is 54.1 Å². The van der Waals surface area contributed by atoms with Crippen LogP contribution in [0.5, 0.6) is 0 Å². The summed E-state index contributed by atoms with van der Waals surface area (Å²) in [7, 11) is 0. The first kappa shape index (κ1) is 16.1. The minimum atomic E-state index is 0.143.